The van der Waals surface area contributed by atoms with E-state index >= 15 is 0 Å². The van der Waals surface area contributed by atoms with Crippen molar-refractivity contribution in [3.63, 3.8) is 0 Å². The molecule has 0 radical (unpaired) electrons. The molecule has 4 heteroatoms. The summed E-state index contributed by atoms with van der Waals surface area (Å²) < 4.78 is 14.7. The van der Waals surface area contributed by atoms with E-state index in [4.69, 9.17) is 0 Å². The third-order valence-corrected chi connectivity index (χ3v) is 2.75. The van der Waals surface area contributed by atoms with Crippen molar-refractivity contribution < 1.29 is 4.39 Å². The lowest BCUT2D eigenvalue weighted by Crippen LogP contribution is -2.21. The average Bonchev–Trinajstić information content (AvgIpc) is 2.39. The monoisotopic (exact) mass is 240 g/mol. The fourth-order valence-corrected chi connectivity index (χ4v) is 1.93. The Morgan fingerprint density at radius 2 is 1.83 bits per heavy atom. The van der Waals surface area contributed by atoms with Gasteiger partial charge in [0, 0.05) is 11.6 Å². The SMILES string of the molecule is O=c1ncc2ccc(F)cc2n1-c1ccccc1. The molecule has 0 aliphatic carbocycles. The van der Waals surface area contributed by atoms with Crippen molar-refractivity contribution in [2.24, 2.45) is 0 Å². The van der Waals surface area contributed by atoms with Crippen LogP contribution < -0.4 is 5.69 Å². The zero-order valence-corrected chi connectivity index (χ0v) is 9.38. The molecule has 0 fully saturated rings. The van der Waals surface area contributed by atoms with Gasteiger partial charge in [0.1, 0.15) is 5.82 Å². The van der Waals surface area contributed by atoms with Crippen molar-refractivity contribution in [3.05, 3.63) is 71.0 Å². The van der Waals surface area contributed by atoms with Gasteiger partial charge in [-0.3, -0.25) is 4.57 Å². The zero-order valence-electron chi connectivity index (χ0n) is 9.38. The highest BCUT2D eigenvalue weighted by Gasteiger charge is 2.06. The lowest BCUT2D eigenvalue weighted by molar-refractivity contribution is 0.629. The zero-order chi connectivity index (χ0) is 12.5. The number of hydrogen-bond donors (Lipinski definition) is 0. The van der Waals surface area contributed by atoms with Gasteiger partial charge in [0.15, 0.2) is 0 Å². The Kier molecular flexibility index (Phi) is 2.41. The minimum Gasteiger partial charge on any atom is -0.260 e. The van der Waals surface area contributed by atoms with Crippen LogP contribution in [0.15, 0.2) is 59.5 Å². The molecule has 0 spiro atoms. The highest BCUT2D eigenvalue weighted by Crippen LogP contribution is 2.16. The van der Waals surface area contributed by atoms with Crippen LogP contribution in [0.2, 0.25) is 0 Å². The van der Waals surface area contributed by atoms with Gasteiger partial charge in [0.2, 0.25) is 0 Å². The van der Waals surface area contributed by atoms with Crippen LogP contribution in [0.5, 0.6) is 0 Å². The molecule has 0 N–H and O–H groups in total. The number of para-hydroxylation sites is 1. The maximum absolute atomic E-state index is 13.3. The minimum atomic E-state index is -0.417. The Morgan fingerprint density at radius 3 is 2.61 bits per heavy atom. The predicted molar refractivity (Wildman–Crippen MR) is 67.3 cm³/mol. The molecule has 0 atom stereocenters. The molecule has 0 saturated heterocycles. The third kappa shape index (κ3) is 1.68. The van der Waals surface area contributed by atoms with E-state index in [1.807, 2.05) is 18.2 Å². The van der Waals surface area contributed by atoms with Gasteiger partial charge in [-0.1, -0.05) is 18.2 Å². The summed E-state index contributed by atoms with van der Waals surface area (Å²) in [5, 5.41) is 0.722. The van der Waals surface area contributed by atoms with E-state index in [1.54, 1.807) is 18.2 Å². The molecule has 0 amide bonds. The maximum atomic E-state index is 13.3. The van der Waals surface area contributed by atoms with Crippen molar-refractivity contribution in [1.82, 2.24) is 9.55 Å². The third-order valence-electron chi connectivity index (χ3n) is 2.75. The maximum Gasteiger partial charge on any atom is 0.352 e. The first kappa shape index (κ1) is 10.7. The molecule has 3 nitrogen and oxygen atoms in total. The second-order valence-corrected chi connectivity index (χ2v) is 3.91. The van der Waals surface area contributed by atoms with Crippen LogP contribution >= 0.6 is 0 Å². The molecule has 0 saturated carbocycles. The van der Waals surface area contributed by atoms with Crippen LogP contribution in [0.3, 0.4) is 0 Å². The van der Waals surface area contributed by atoms with Crippen molar-refractivity contribution in [2.45, 2.75) is 0 Å². The summed E-state index contributed by atoms with van der Waals surface area (Å²) in [6.45, 7) is 0. The fourth-order valence-electron chi connectivity index (χ4n) is 1.93. The summed E-state index contributed by atoms with van der Waals surface area (Å²) in [4.78, 5) is 15.7. The van der Waals surface area contributed by atoms with E-state index in [1.165, 1.54) is 22.9 Å². The van der Waals surface area contributed by atoms with E-state index in [2.05, 4.69) is 4.98 Å². The van der Waals surface area contributed by atoms with E-state index in [0.717, 1.165) is 5.39 Å². The summed E-state index contributed by atoms with van der Waals surface area (Å²) in [5.74, 6) is -0.377. The van der Waals surface area contributed by atoms with Gasteiger partial charge < -0.3 is 0 Å². The van der Waals surface area contributed by atoms with Crippen LogP contribution in [-0.4, -0.2) is 9.55 Å². The molecule has 2 aromatic carbocycles. The summed E-state index contributed by atoms with van der Waals surface area (Å²) in [6, 6.07) is 13.4. The van der Waals surface area contributed by atoms with Gasteiger partial charge in [0.25, 0.3) is 0 Å². The van der Waals surface area contributed by atoms with E-state index in [-0.39, 0.29) is 5.82 Å². The highest BCUT2D eigenvalue weighted by atomic mass is 19.1. The number of hydrogen-bond acceptors (Lipinski definition) is 2. The Labute approximate surface area is 102 Å². The quantitative estimate of drug-likeness (QED) is 0.655. The van der Waals surface area contributed by atoms with Crippen LogP contribution in [0.1, 0.15) is 0 Å². The molecule has 0 aliphatic rings. The second kappa shape index (κ2) is 4.07. The lowest BCUT2D eigenvalue weighted by atomic mass is 10.2. The Balaban J connectivity index is 2.44. The molecular formula is C14H9FN2O. The van der Waals surface area contributed by atoms with Crippen molar-refractivity contribution in [2.75, 3.05) is 0 Å². The predicted octanol–water partition coefficient (Wildman–Crippen LogP) is 2.52. The van der Waals surface area contributed by atoms with Crippen LogP contribution in [0, 0.1) is 5.82 Å². The Morgan fingerprint density at radius 1 is 1.06 bits per heavy atom. The van der Waals surface area contributed by atoms with Gasteiger partial charge in [-0.25, -0.2) is 14.2 Å². The minimum absolute atomic E-state index is 0.377. The van der Waals surface area contributed by atoms with Gasteiger partial charge >= 0.3 is 5.69 Å². The fraction of sp³-hybridized carbons (Fsp3) is 0. The summed E-state index contributed by atoms with van der Waals surface area (Å²) in [7, 11) is 0. The first-order valence-electron chi connectivity index (χ1n) is 5.48. The second-order valence-electron chi connectivity index (χ2n) is 3.91. The first-order valence-corrected chi connectivity index (χ1v) is 5.48. The first-order chi connectivity index (χ1) is 8.75. The normalized spacial score (nSPS) is 10.7. The van der Waals surface area contributed by atoms with Crippen molar-refractivity contribution >= 4 is 10.9 Å². The van der Waals surface area contributed by atoms with E-state index < -0.39 is 5.69 Å². The standard InChI is InChI=1S/C14H9FN2O/c15-11-7-6-10-9-16-14(18)17(13(10)8-11)12-4-2-1-3-5-12/h1-9H. The van der Waals surface area contributed by atoms with Crippen molar-refractivity contribution in [1.29, 1.82) is 0 Å². The highest BCUT2D eigenvalue weighted by molar-refractivity contribution is 5.79. The average molecular weight is 240 g/mol. The van der Waals surface area contributed by atoms with Gasteiger partial charge in [0.05, 0.1) is 11.2 Å². The number of rotatable bonds is 1. The molecule has 1 heterocycles. The van der Waals surface area contributed by atoms with Crippen LogP contribution in [-0.2, 0) is 0 Å². The summed E-state index contributed by atoms with van der Waals surface area (Å²) in [6.07, 6.45) is 1.45. The molecular weight excluding hydrogens is 231 g/mol. The van der Waals surface area contributed by atoms with Gasteiger partial charge in [-0.15, -0.1) is 0 Å². The lowest BCUT2D eigenvalue weighted by Gasteiger charge is -2.08. The topological polar surface area (TPSA) is 34.9 Å². The number of aromatic nitrogens is 2. The molecule has 88 valence electrons. The van der Waals surface area contributed by atoms with Gasteiger partial charge in [-0.05, 0) is 30.3 Å². The number of benzene rings is 2. The van der Waals surface area contributed by atoms with Crippen LogP contribution in [0.4, 0.5) is 4.39 Å². The molecule has 18 heavy (non-hydrogen) atoms. The van der Waals surface area contributed by atoms with E-state index in [9.17, 15) is 9.18 Å². The number of halogens is 1. The van der Waals surface area contributed by atoms with E-state index in [0.29, 0.717) is 11.2 Å². The molecule has 0 aliphatic heterocycles. The van der Waals surface area contributed by atoms with Gasteiger partial charge in [-0.2, -0.15) is 0 Å². The molecule has 3 rings (SSSR count). The number of fused-ring (bicyclic) bond motifs is 1. The Hall–Kier alpha value is -2.49. The Bertz CT molecular complexity index is 766. The summed E-state index contributed by atoms with van der Waals surface area (Å²) in [5.41, 5.74) is 0.770. The molecule has 0 unspecified atom stereocenters. The largest absolute Gasteiger partial charge is 0.352 e. The molecule has 3 aromatic rings. The molecule has 1 aromatic heterocycles. The smallest absolute Gasteiger partial charge is 0.260 e. The summed E-state index contributed by atoms with van der Waals surface area (Å²) >= 11 is 0. The number of nitrogens with zero attached hydrogens (tertiary/aromatic N) is 2. The molecule has 0 bridgehead atoms. The van der Waals surface area contributed by atoms with Crippen molar-refractivity contribution in [3.8, 4) is 5.69 Å². The van der Waals surface area contributed by atoms with Crippen LogP contribution in [0.25, 0.3) is 16.6 Å².